The Morgan fingerprint density at radius 1 is 1.00 bits per heavy atom. The van der Waals surface area contributed by atoms with E-state index >= 15 is 0 Å². The summed E-state index contributed by atoms with van der Waals surface area (Å²) in [5, 5.41) is 3.01. The number of benzene rings is 2. The second-order valence-electron chi connectivity index (χ2n) is 7.86. The Kier molecular flexibility index (Phi) is 7.49. The lowest BCUT2D eigenvalue weighted by Gasteiger charge is -2.27. The third-order valence-corrected chi connectivity index (χ3v) is 5.34. The zero-order valence-corrected chi connectivity index (χ0v) is 17.1. The van der Waals surface area contributed by atoms with Gasteiger partial charge in [0.15, 0.2) is 6.61 Å². The number of carbonyl (C=O) groups excluding carboxylic acids is 1. The fraction of sp³-hybridized carbons (Fsp3) is 0.458. The summed E-state index contributed by atoms with van der Waals surface area (Å²) in [5.74, 6) is 1.06. The molecule has 3 rings (SSSR count). The van der Waals surface area contributed by atoms with Crippen LogP contribution in [0.4, 0.5) is 0 Å². The molecule has 0 saturated carbocycles. The summed E-state index contributed by atoms with van der Waals surface area (Å²) in [6, 6.07) is 16.3. The first-order valence-electron chi connectivity index (χ1n) is 10.4. The van der Waals surface area contributed by atoms with E-state index in [4.69, 9.17) is 4.74 Å². The molecule has 1 aliphatic heterocycles. The van der Waals surface area contributed by atoms with Gasteiger partial charge in [0.1, 0.15) is 5.75 Å². The van der Waals surface area contributed by atoms with Crippen molar-refractivity contribution in [1.29, 1.82) is 0 Å². The Labute approximate surface area is 168 Å². The van der Waals surface area contributed by atoms with Crippen LogP contribution in [-0.2, 0) is 17.9 Å². The molecule has 4 nitrogen and oxygen atoms in total. The van der Waals surface area contributed by atoms with Crippen molar-refractivity contribution in [1.82, 2.24) is 10.2 Å². The predicted octanol–water partition coefficient (Wildman–Crippen LogP) is 4.49. The van der Waals surface area contributed by atoms with E-state index in [1.54, 1.807) is 0 Å². The van der Waals surface area contributed by atoms with Crippen molar-refractivity contribution in [3.05, 3.63) is 65.2 Å². The van der Waals surface area contributed by atoms with Gasteiger partial charge in [-0.3, -0.25) is 9.69 Å². The number of likely N-dealkylation sites (tertiary alicyclic amines) is 1. The van der Waals surface area contributed by atoms with Crippen LogP contribution in [0.5, 0.6) is 5.75 Å². The lowest BCUT2D eigenvalue weighted by Crippen LogP contribution is -2.31. The van der Waals surface area contributed by atoms with Gasteiger partial charge < -0.3 is 10.1 Å². The van der Waals surface area contributed by atoms with Crippen LogP contribution in [-0.4, -0.2) is 30.5 Å². The minimum absolute atomic E-state index is 0.0397. The molecule has 2 aromatic rings. The molecule has 1 amide bonds. The van der Waals surface area contributed by atoms with Crippen molar-refractivity contribution < 1.29 is 9.53 Å². The molecule has 1 aliphatic rings. The van der Waals surface area contributed by atoms with E-state index < -0.39 is 0 Å². The van der Waals surface area contributed by atoms with Crippen LogP contribution < -0.4 is 10.1 Å². The molecule has 1 heterocycles. The average molecular weight is 381 g/mol. The van der Waals surface area contributed by atoms with Crippen LogP contribution >= 0.6 is 0 Å². The minimum atomic E-state index is -0.0914. The van der Waals surface area contributed by atoms with Crippen molar-refractivity contribution >= 4 is 5.91 Å². The van der Waals surface area contributed by atoms with Crippen molar-refractivity contribution in [3.63, 3.8) is 0 Å². The van der Waals surface area contributed by atoms with Crippen molar-refractivity contribution in [2.24, 2.45) is 0 Å². The van der Waals surface area contributed by atoms with Crippen LogP contribution in [0.25, 0.3) is 0 Å². The molecule has 4 heteroatoms. The number of nitrogens with zero attached hydrogens (tertiary/aromatic N) is 1. The van der Waals surface area contributed by atoms with Gasteiger partial charge in [-0.25, -0.2) is 0 Å². The fourth-order valence-corrected chi connectivity index (χ4v) is 3.72. The van der Waals surface area contributed by atoms with Gasteiger partial charge in [0, 0.05) is 13.1 Å². The largest absolute Gasteiger partial charge is 0.483 e. The maximum atomic E-state index is 12.3. The maximum absolute atomic E-state index is 12.3. The zero-order valence-electron chi connectivity index (χ0n) is 17.1. The highest BCUT2D eigenvalue weighted by molar-refractivity contribution is 5.77. The van der Waals surface area contributed by atoms with Gasteiger partial charge in [-0.15, -0.1) is 0 Å². The second-order valence-corrected chi connectivity index (χ2v) is 7.86. The van der Waals surface area contributed by atoms with Crippen LogP contribution in [0.2, 0.25) is 0 Å². The average Bonchev–Trinajstić information content (AvgIpc) is 2.72. The van der Waals surface area contributed by atoms with E-state index in [1.807, 2.05) is 24.3 Å². The Morgan fingerprint density at radius 3 is 2.43 bits per heavy atom. The van der Waals surface area contributed by atoms with Gasteiger partial charge in [0.05, 0.1) is 0 Å². The summed E-state index contributed by atoms with van der Waals surface area (Å²) in [4.78, 5) is 14.8. The monoisotopic (exact) mass is 380 g/mol. The standard InChI is InChI=1S/C24H32N2O2/c1-19(2)22-12-6-7-13-23(22)28-18-24(27)25-16-20-10-4-5-11-21(20)17-26-14-8-3-9-15-26/h4-7,10-13,19H,3,8-9,14-18H2,1-2H3,(H,25,27). The Hall–Kier alpha value is -2.33. The van der Waals surface area contributed by atoms with E-state index in [9.17, 15) is 4.79 Å². The molecule has 1 N–H and O–H groups in total. The number of nitrogens with one attached hydrogen (secondary N) is 1. The molecule has 28 heavy (non-hydrogen) atoms. The third kappa shape index (κ3) is 5.83. The summed E-state index contributed by atoms with van der Waals surface area (Å²) >= 11 is 0. The number of para-hydroxylation sites is 1. The fourth-order valence-electron chi connectivity index (χ4n) is 3.72. The molecule has 0 atom stereocenters. The van der Waals surface area contributed by atoms with E-state index in [0.717, 1.165) is 17.9 Å². The van der Waals surface area contributed by atoms with Gasteiger partial charge in [0.25, 0.3) is 5.91 Å². The van der Waals surface area contributed by atoms with Crippen LogP contribution in [0, 0.1) is 0 Å². The summed E-state index contributed by atoms with van der Waals surface area (Å²) in [5.41, 5.74) is 3.61. The van der Waals surface area contributed by atoms with Gasteiger partial charge in [-0.1, -0.05) is 62.7 Å². The molecule has 0 spiro atoms. The van der Waals surface area contributed by atoms with E-state index in [1.165, 1.54) is 43.5 Å². The molecule has 0 unspecified atom stereocenters. The Balaban J connectivity index is 1.52. The van der Waals surface area contributed by atoms with Gasteiger partial charge in [-0.05, 0) is 54.6 Å². The highest BCUT2D eigenvalue weighted by atomic mass is 16.5. The number of hydrogen-bond donors (Lipinski definition) is 1. The van der Waals surface area contributed by atoms with Gasteiger partial charge in [0.2, 0.25) is 0 Å². The highest BCUT2D eigenvalue weighted by Crippen LogP contribution is 2.25. The normalized spacial score (nSPS) is 14.8. The molecule has 1 fully saturated rings. The first kappa shape index (κ1) is 20.4. The first-order chi connectivity index (χ1) is 13.6. The Bertz CT molecular complexity index is 767. The van der Waals surface area contributed by atoms with Gasteiger partial charge in [-0.2, -0.15) is 0 Å². The van der Waals surface area contributed by atoms with Crippen molar-refractivity contribution in [3.8, 4) is 5.75 Å². The van der Waals surface area contributed by atoms with E-state index in [2.05, 4.69) is 48.3 Å². The number of piperidine rings is 1. The summed E-state index contributed by atoms with van der Waals surface area (Å²) in [6.07, 6.45) is 3.91. The SMILES string of the molecule is CC(C)c1ccccc1OCC(=O)NCc1ccccc1CN1CCCCC1. The van der Waals surface area contributed by atoms with Crippen molar-refractivity contribution in [2.75, 3.05) is 19.7 Å². The highest BCUT2D eigenvalue weighted by Gasteiger charge is 2.13. The number of rotatable bonds is 8. The van der Waals surface area contributed by atoms with Gasteiger partial charge >= 0.3 is 0 Å². The van der Waals surface area contributed by atoms with Crippen LogP contribution in [0.3, 0.4) is 0 Å². The molecule has 2 aromatic carbocycles. The number of amides is 1. The molecular formula is C24H32N2O2. The van der Waals surface area contributed by atoms with Crippen LogP contribution in [0.1, 0.15) is 55.7 Å². The molecule has 0 bridgehead atoms. The lowest BCUT2D eigenvalue weighted by atomic mass is 10.0. The van der Waals surface area contributed by atoms with E-state index in [0.29, 0.717) is 12.5 Å². The second kappa shape index (κ2) is 10.3. The summed E-state index contributed by atoms with van der Waals surface area (Å²) in [7, 11) is 0. The molecular weight excluding hydrogens is 348 g/mol. The van der Waals surface area contributed by atoms with Crippen molar-refractivity contribution in [2.45, 2.75) is 52.1 Å². The lowest BCUT2D eigenvalue weighted by molar-refractivity contribution is -0.123. The Morgan fingerprint density at radius 2 is 1.68 bits per heavy atom. The number of hydrogen-bond acceptors (Lipinski definition) is 3. The molecule has 0 aliphatic carbocycles. The zero-order chi connectivity index (χ0) is 19.8. The first-order valence-corrected chi connectivity index (χ1v) is 10.4. The smallest absolute Gasteiger partial charge is 0.258 e. The number of ether oxygens (including phenoxy) is 1. The summed E-state index contributed by atoms with van der Waals surface area (Å²) < 4.78 is 5.78. The minimum Gasteiger partial charge on any atom is -0.483 e. The molecule has 0 aromatic heterocycles. The topological polar surface area (TPSA) is 41.6 Å². The molecule has 150 valence electrons. The summed E-state index contributed by atoms with van der Waals surface area (Å²) in [6.45, 7) is 8.14. The van der Waals surface area contributed by atoms with Crippen LogP contribution in [0.15, 0.2) is 48.5 Å². The molecule has 1 saturated heterocycles. The maximum Gasteiger partial charge on any atom is 0.258 e. The van der Waals surface area contributed by atoms with E-state index in [-0.39, 0.29) is 12.5 Å². The quantitative estimate of drug-likeness (QED) is 0.734. The number of carbonyl (C=O) groups is 1. The molecule has 0 radical (unpaired) electrons. The third-order valence-electron chi connectivity index (χ3n) is 5.34. The predicted molar refractivity (Wildman–Crippen MR) is 113 cm³/mol.